The molecule has 0 aromatic carbocycles. The highest BCUT2D eigenvalue weighted by Gasteiger charge is 2.47. The maximum atomic E-state index is 11.3. The molecular formula is C12H15N3O3. The molecule has 1 saturated carbocycles. The number of anilines is 1. The fourth-order valence-corrected chi connectivity index (χ4v) is 1.91. The molecule has 0 spiro atoms. The summed E-state index contributed by atoms with van der Waals surface area (Å²) in [6, 6.07) is 2.95. The molecule has 2 rings (SSSR count). The fourth-order valence-electron chi connectivity index (χ4n) is 1.91. The van der Waals surface area contributed by atoms with E-state index in [9.17, 15) is 14.7 Å². The van der Waals surface area contributed by atoms with Gasteiger partial charge in [0.1, 0.15) is 11.4 Å². The van der Waals surface area contributed by atoms with Gasteiger partial charge in [-0.15, -0.1) is 0 Å². The van der Waals surface area contributed by atoms with E-state index in [1.807, 2.05) is 0 Å². The zero-order valence-electron chi connectivity index (χ0n) is 10.0. The summed E-state index contributed by atoms with van der Waals surface area (Å²) >= 11 is 0. The van der Waals surface area contributed by atoms with E-state index < -0.39 is 17.4 Å². The Hall–Kier alpha value is -2.11. The van der Waals surface area contributed by atoms with Crippen LogP contribution < -0.4 is 11.1 Å². The number of nitrogens with two attached hydrogens (primary N) is 1. The molecule has 1 aromatic rings. The van der Waals surface area contributed by atoms with E-state index in [-0.39, 0.29) is 5.92 Å². The third-order valence-corrected chi connectivity index (χ3v) is 3.27. The Morgan fingerprint density at radius 3 is 2.72 bits per heavy atom. The Balaban J connectivity index is 2.24. The average molecular weight is 249 g/mol. The second-order valence-corrected chi connectivity index (χ2v) is 4.70. The second-order valence-electron chi connectivity index (χ2n) is 4.70. The van der Waals surface area contributed by atoms with Gasteiger partial charge >= 0.3 is 5.97 Å². The largest absolute Gasteiger partial charge is 0.480 e. The number of hydrogen-bond donors (Lipinski definition) is 3. The van der Waals surface area contributed by atoms with Crippen LogP contribution in [0.5, 0.6) is 0 Å². The lowest BCUT2D eigenvalue weighted by Gasteiger charge is -2.26. The molecule has 4 N–H and O–H groups in total. The first kappa shape index (κ1) is 12.3. The summed E-state index contributed by atoms with van der Waals surface area (Å²) in [5.41, 5.74) is 4.42. The maximum Gasteiger partial charge on any atom is 0.329 e. The second kappa shape index (κ2) is 4.29. The highest BCUT2D eigenvalue weighted by molar-refractivity contribution is 5.93. The summed E-state index contributed by atoms with van der Waals surface area (Å²) in [6.07, 6.45) is 3.19. The van der Waals surface area contributed by atoms with Crippen molar-refractivity contribution < 1.29 is 14.7 Å². The molecule has 1 aliphatic rings. The minimum absolute atomic E-state index is 0.0917. The number of carboxylic acid groups (broad SMARTS) is 1. The number of nitrogens with one attached hydrogen (secondary N) is 1. The molecule has 1 aromatic heterocycles. The summed E-state index contributed by atoms with van der Waals surface area (Å²) < 4.78 is 0. The van der Waals surface area contributed by atoms with E-state index >= 15 is 0 Å². The normalized spacial score (nSPS) is 17.8. The summed E-state index contributed by atoms with van der Waals surface area (Å²) in [6.45, 7) is 1.63. The number of hydrogen-bond acceptors (Lipinski definition) is 4. The van der Waals surface area contributed by atoms with Gasteiger partial charge in [-0.1, -0.05) is 0 Å². The number of carboxylic acids is 1. The molecule has 18 heavy (non-hydrogen) atoms. The van der Waals surface area contributed by atoms with Crippen LogP contribution in [0.3, 0.4) is 0 Å². The highest BCUT2D eigenvalue weighted by Crippen LogP contribution is 2.41. The number of rotatable bonds is 5. The van der Waals surface area contributed by atoms with Gasteiger partial charge in [0, 0.05) is 11.8 Å². The zero-order chi connectivity index (χ0) is 13.3. The topological polar surface area (TPSA) is 105 Å². The molecule has 6 nitrogen and oxygen atoms in total. The molecule has 1 aliphatic carbocycles. The van der Waals surface area contributed by atoms with Crippen LogP contribution in [0.15, 0.2) is 18.3 Å². The monoisotopic (exact) mass is 249 g/mol. The molecule has 0 aliphatic heterocycles. The maximum absolute atomic E-state index is 11.3. The predicted molar refractivity (Wildman–Crippen MR) is 65.1 cm³/mol. The van der Waals surface area contributed by atoms with Crippen molar-refractivity contribution in [2.45, 2.75) is 25.3 Å². The van der Waals surface area contributed by atoms with Crippen molar-refractivity contribution in [1.29, 1.82) is 0 Å². The molecule has 0 radical (unpaired) electrons. The third kappa shape index (κ3) is 2.27. The van der Waals surface area contributed by atoms with Crippen LogP contribution in [-0.4, -0.2) is 27.5 Å². The number of carbonyl (C=O) groups is 2. The lowest BCUT2D eigenvalue weighted by Crippen LogP contribution is -2.45. The van der Waals surface area contributed by atoms with Crippen LogP contribution in [0.4, 0.5) is 5.82 Å². The van der Waals surface area contributed by atoms with Gasteiger partial charge in [0.25, 0.3) is 0 Å². The lowest BCUT2D eigenvalue weighted by atomic mass is 9.96. The molecule has 1 fully saturated rings. The summed E-state index contributed by atoms with van der Waals surface area (Å²) in [7, 11) is 0. The molecule has 1 heterocycles. The smallest absolute Gasteiger partial charge is 0.329 e. The van der Waals surface area contributed by atoms with Gasteiger partial charge in [0.2, 0.25) is 5.91 Å². The van der Waals surface area contributed by atoms with Crippen LogP contribution >= 0.6 is 0 Å². The number of carbonyl (C=O) groups excluding carboxylic acids is 1. The van der Waals surface area contributed by atoms with Crippen LogP contribution in [0.1, 0.15) is 30.1 Å². The van der Waals surface area contributed by atoms with Crippen LogP contribution in [0.25, 0.3) is 0 Å². The van der Waals surface area contributed by atoms with Crippen molar-refractivity contribution in [3.05, 3.63) is 23.9 Å². The van der Waals surface area contributed by atoms with Gasteiger partial charge in [0.05, 0.1) is 0 Å². The Labute approximate surface area is 104 Å². The fraction of sp³-hybridized carbons (Fsp3) is 0.417. The number of amides is 1. The molecule has 6 heteroatoms. The van der Waals surface area contributed by atoms with E-state index in [2.05, 4.69) is 10.3 Å². The van der Waals surface area contributed by atoms with Crippen molar-refractivity contribution in [2.24, 2.45) is 11.7 Å². The first-order chi connectivity index (χ1) is 8.43. The molecule has 96 valence electrons. The Kier molecular flexibility index (Phi) is 2.94. The van der Waals surface area contributed by atoms with Crippen molar-refractivity contribution in [3.63, 3.8) is 0 Å². The lowest BCUT2D eigenvalue weighted by molar-refractivity contribution is -0.142. The van der Waals surface area contributed by atoms with Crippen molar-refractivity contribution >= 4 is 17.7 Å². The van der Waals surface area contributed by atoms with Gasteiger partial charge in [-0.25, -0.2) is 9.78 Å². The minimum atomic E-state index is -1.05. The third-order valence-electron chi connectivity index (χ3n) is 3.27. The Morgan fingerprint density at radius 2 is 2.22 bits per heavy atom. The van der Waals surface area contributed by atoms with Crippen LogP contribution in [0.2, 0.25) is 0 Å². The van der Waals surface area contributed by atoms with Gasteiger partial charge in [-0.05, 0) is 37.8 Å². The number of primary amides is 1. The number of pyridine rings is 1. The minimum Gasteiger partial charge on any atom is -0.480 e. The molecular weight excluding hydrogens is 234 g/mol. The predicted octanol–water partition coefficient (Wildman–Crippen LogP) is 0.846. The zero-order valence-corrected chi connectivity index (χ0v) is 10.0. The molecule has 1 atom stereocenters. The number of aliphatic carboxylic acids is 1. The van der Waals surface area contributed by atoms with Crippen LogP contribution in [0, 0.1) is 5.92 Å². The van der Waals surface area contributed by atoms with E-state index in [0.29, 0.717) is 11.4 Å². The van der Waals surface area contributed by atoms with Gasteiger partial charge in [0.15, 0.2) is 0 Å². The summed E-state index contributed by atoms with van der Waals surface area (Å²) in [4.78, 5) is 26.4. The first-order valence-electron chi connectivity index (χ1n) is 5.71. The van der Waals surface area contributed by atoms with Crippen LogP contribution in [-0.2, 0) is 4.79 Å². The Morgan fingerprint density at radius 1 is 1.56 bits per heavy atom. The molecule has 1 amide bonds. The number of aromatic nitrogens is 1. The van der Waals surface area contributed by atoms with Gasteiger partial charge in [-0.2, -0.15) is 0 Å². The van der Waals surface area contributed by atoms with Crippen molar-refractivity contribution in [3.8, 4) is 0 Å². The highest BCUT2D eigenvalue weighted by atomic mass is 16.4. The molecule has 0 bridgehead atoms. The van der Waals surface area contributed by atoms with E-state index in [1.165, 1.54) is 18.3 Å². The summed E-state index contributed by atoms with van der Waals surface area (Å²) in [5, 5.41) is 12.2. The summed E-state index contributed by atoms with van der Waals surface area (Å²) in [5.74, 6) is -1.04. The SMILES string of the molecule is CC(Nc1cc(C(N)=O)ccn1)(C(=O)O)C1CC1. The Bertz CT molecular complexity index is 499. The van der Waals surface area contributed by atoms with E-state index in [4.69, 9.17) is 5.73 Å². The standard InChI is InChI=1S/C12H15N3O3/c1-12(11(17)18,8-2-3-8)15-9-6-7(10(13)16)4-5-14-9/h4-6,8H,2-3H2,1H3,(H2,13,16)(H,14,15)(H,17,18). The van der Waals surface area contributed by atoms with E-state index in [0.717, 1.165) is 12.8 Å². The average Bonchev–Trinajstić information content (AvgIpc) is 3.13. The first-order valence-corrected chi connectivity index (χ1v) is 5.71. The molecule has 0 saturated heterocycles. The quantitative estimate of drug-likeness (QED) is 0.717. The molecule has 1 unspecified atom stereocenters. The van der Waals surface area contributed by atoms with Gasteiger partial charge < -0.3 is 16.2 Å². The van der Waals surface area contributed by atoms with Crippen molar-refractivity contribution in [2.75, 3.05) is 5.32 Å². The van der Waals surface area contributed by atoms with Gasteiger partial charge in [-0.3, -0.25) is 4.79 Å². The number of nitrogens with zero attached hydrogens (tertiary/aromatic N) is 1. The van der Waals surface area contributed by atoms with E-state index in [1.54, 1.807) is 6.92 Å². The van der Waals surface area contributed by atoms with Crippen molar-refractivity contribution in [1.82, 2.24) is 4.98 Å².